The molecule has 1 aromatic rings. The molecular weight excluding hydrogens is 226 g/mol. The SMILES string of the molecule is COC(=O)c1ccc(C2CCCN2)cc1Cl. The van der Waals surface area contributed by atoms with Crippen molar-refractivity contribution in [3.05, 3.63) is 34.3 Å². The predicted octanol–water partition coefficient (Wildman–Crippen LogP) is 2.55. The number of hydrogen-bond donors (Lipinski definition) is 1. The molecule has 0 aromatic heterocycles. The van der Waals surface area contributed by atoms with Gasteiger partial charge in [-0.2, -0.15) is 0 Å². The van der Waals surface area contributed by atoms with Crippen LogP contribution in [0.1, 0.15) is 34.8 Å². The van der Waals surface area contributed by atoms with Gasteiger partial charge in [-0.3, -0.25) is 0 Å². The number of esters is 1. The Hall–Kier alpha value is -1.06. The Balaban J connectivity index is 2.25. The van der Waals surface area contributed by atoms with E-state index in [1.807, 2.05) is 12.1 Å². The molecule has 0 saturated carbocycles. The number of benzene rings is 1. The Labute approximate surface area is 99.7 Å². The maximum atomic E-state index is 11.3. The fraction of sp³-hybridized carbons (Fsp3) is 0.417. The zero-order valence-corrected chi connectivity index (χ0v) is 9.88. The maximum Gasteiger partial charge on any atom is 0.339 e. The quantitative estimate of drug-likeness (QED) is 0.807. The van der Waals surface area contributed by atoms with Crippen molar-refractivity contribution in [2.24, 2.45) is 0 Å². The van der Waals surface area contributed by atoms with E-state index < -0.39 is 5.97 Å². The van der Waals surface area contributed by atoms with Gasteiger partial charge in [0.1, 0.15) is 0 Å². The normalized spacial score (nSPS) is 19.8. The first-order valence-corrected chi connectivity index (χ1v) is 5.71. The Morgan fingerprint density at radius 1 is 1.56 bits per heavy atom. The van der Waals surface area contributed by atoms with E-state index >= 15 is 0 Å². The molecule has 16 heavy (non-hydrogen) atoms. The summed E-state index contributed by atoms with van der Waals surface area (Å²) in [6, 6.07) is 5.87. The monoisotopic (exact) mass is 239 g/mol. The van der Waals surface area contributed by atoms with Crippen molar-refractivity contribution in [2.45, 2.75) is 18.9 Å². The highest BCUT2D eigenvalue weighted by Gasteiger charge is 2.18. The molecule has 1 atom stereocenters. The number of carbonyl (C=O) groups excluding carboxylic acids is 1. The number of rotatable bonds is 2. The van der Waals surface area contributed by atoms with Crippen molar-refractivity contribution in [1.82, 2.24) is 5.32 Å². The first-order chi connectivity index (χ1) is 7.72. The Morgan fingerprint density at radius 2 is 2.38 bits per heavy atom. The average Bonchev–Trinajstić information content (AvgIpc) is 2.81. The minimum absolute atomic E-state index is 0.365. The van der Waals surface area contributed by atoms with E-state index in [2.05, 4.69) is 10.1 Å². The molecule has 0 spiro atoms. The molecule has 1 heterocycles. The van der Waals surface area contributed by atoms with Crippen LogP contribution >= 0.6 is 11.6 Å². The molecule has 1 N–H and O–H groups in total. The molecule has 0 radical (unpaired) electrons. The van der Waals surface area contributed by atoms with Crippen LogP contribution in [0, 0.1) is 0 Å². The smallest absolute Gasteiger partial charge is 0.339 e. The summed E-state index contributed by atoms with van der Waals surface area (Å²) in [5.41, 5.74) is 1.56. The van der Waals surface area contributed by atoms with Crippen LogP contribution in [0.5, 0.6) is 0 Å². The molecule has 1 aromatic carbocycles. The first kappa shape index (κ1) is 11.4. The van der Waals surface area contributed by atoms with E-state index in [0.29, 0.717) is 16.6 Å². The van der Waals surface area contributed by atoms with Crippen LogP contribution in [-0.4, -0.2) is 19.6 Å². The number of ether oxygens (including phenoxy) is 1. The molecule has 0 bridgehead atoms. The summed E-state index contributed by atoms with van der Waals surface area (Å²) in [7, 11) is 1.35. The minimum Gasteiger partial charge on any atom is -0.465 e. The maximum absolute atomic E-state index is 11.3. The number of methoxy groups -OCH3 is 1. The van der Waals surface area contributed by atoms with E-state index in [4.69, 9.17) is 11.6 Å². The van der Waals surface area contributed by atoms with Gasteiger partial charge in [0, 0.05) is 6.04 Å². The molecule has 1 aliphatic heterocycles. The highest BCUT2D eigenvalue weighted by Crippen LogP contribution is 2.27. The van der Waals surface area contributed by atoms with E-state index in [9.17, 15) is 4.79 Å². The fourth-order valence-corrected chi connectivity index (χ4v) is 2.26. The van der Waals surface area contributed by atoms with Crippen molar-refractivity contribution < 1.29 is 9.53 Å². The van der Waals surface area contributed by atoms with Crippen molar-refractivity contribution in [2.75, 3.05) is 13.7 Å². The fourth-order valence-electron chi connectivity index (χ4n) is 1.99. The number of halogens is 1. The molecule has 1 aliphatic rings. The van der Waals surface area contributed by atoms with Crippen molar-refractivity contribution in [1.29, 1.82) is 0 Å². The summed E-state index contributed by atoms with van der Waals surface area (Å²) in [5.74, 6) is -0.393. The second-order valence-corrected chi connectivity index (χ2v) is 4.29. The van der Waals surface area contributed by atoms with Crippen LogP contribution in [0.3, 0.4) is 0 Å². The Bertz CT molecular complexity index is 400. The lowest BCUT2D eigenvalue weighted by Gasteiger charge is -2.12. The molecule has 0 aliphatic carbocycles. The van der Waals surface area contributed by atoms with Gasteiger partial charge in [-0.15, -0.1) is 0 Å². The van der Waals surface area contributed by atoms with Crippen LogP contribution < -0.4 is 5.32 Å². The lowest BCUT2D eigenvalue weighted by molar-refractivity contribution is 0.0601. The van der Waals surface area contributed by atoms with Crippen LogP contribution in [-0.2, 0) is 4.74 Å². The summed E-state index contributed by atoms with van der Waals surface area (Å²) in [6.45, 7) is 1.04. The number of hydrogen-bond acceptors (Lipinski definition) is 3. The molecular formula is C12H14ClNO2. The molecule has 3 nitrogen and oxygen atoms in total. The van der Waals surface area contributed by atoms with E-state index in [1.165, 1.54) is 13.5 Å². The van der Waals surface area contributed by atoms with Gasteiger partial charge in [0.25, 0.3) is 0 Å². The summed E-state index contributed by atoms with van der Waals surface area (Å²) >= 11 is 6.05. The standard InChI is InChI=1S/C12H14ClNO2/c1-16-12(15)9-5-4-8(7-10(9)13)11-3-2-6-14-11/h4-5,7,11,14H,2-3,6H2,1H3. The van der Waals surface area contributed by atoms with Gasteiger partial charge >= 0.3 is 5.97 Å². The summed E-state index contributed by atoms with van der Waals surface area (Å²) in [6.07, 6.45) is 2.30. The summed E-state index contributed by atoms with van der Waals surface area (Å²) < 4.78 is 4.64. The molecule has 1 unspecified atom stereocenters. The van der Waals surface area contributed by atoms with E-state index in [-0.39, 0.29) is 0 Å². The summed E-state index contributed by atoms with van der Waals surface area (Å²) in [4.78, 5) is 11.3. The van der Waals surface area contributed by atoms with E-state index in [0.717, 1.165) is 18.5 Å². The minimum atomic E-state index is -0.393. The van der Waals surface area contributed by atoms with Crippen molar-refractivity contribution >= 4 is 17.6 Å². The number of carbonyl (C=O) groups is 1. The van der Waals surface area contributed by atoms with Gasteiger partial charge in [-0.1, -0.05) is 17.7 Å². The predicted molar refractivity (Wildman–Crippen MR) is 62.8 cm³/mol. The van der Waals surface area contributed by atoms with Crippen molar-refractivity contribution in [3.8, 4) is 0 Å². The van der Waals surface area contributed by atoms with Crippen molar-refractivity contribution in [3.63, 3.8) is 0 Å². The third kappa shape index (κ3) is 2.20. The van der Waals surface area contributed by atoms with Crippen LogP contribution in [0.25, 0.3) is 0 Å². The topological polar surface area (TPSA) is 38.3 Å². The van der Waals surface area contributed by atoms with Gasteiger partial charge in [0.15, 0.2) is 0 Å². The second kappa shape index (κ2) is 4.85. The molecule has 4 heteroatoms. The molecule has 2 rings (SSSR count). The number of nitrogens with one attached hydrogen (secondary N) is 1. The zero-order chi connectivity index (χ0) is 11.5. The highest BCUT2D eigenvalue weighted by molar-refractivity contribution is 6.33. The first-order valence-electron chi connectivity index (χ1n) is 5.33. The van der Waals surface area contributed by atoms with Crippen LogP contribution in [0.15, 0.2) is 18.2 Å². The van der Waals surface area contributed by atoms with Gasteiger partial charge in [-0.25, -0.2) is 4.79 Å². The average molecular weight is 240 g/mol. The largest absolute Gasteiger partial charge is 0.465 e. The third-order valence-electron chi connectivity index (χ3n) is 2.86. The lowest BCUT2D eigenvalue weighted by atomic mass is 10.0. The lowest BCUT2D eigenvalue weighted by Crippen LogP contribution is -2.13. The van der Waals surface area contributed by atoms with E-state index in [1.54, 1.807) is 6.07 Å². The van der Waals surface area contributed by atoms with Gasteiger partial charge in [-0.05, 0) is 37.1 Å². The molecule has 1 saturated heterocycles. The van der Waals surface area contributed by atoms with Gasteiger partial charge in [0.2, 0.25) is 0 Å². The molecule has 86 valence electrons. The Kier molecular flexibility index (Phi) is 3.46. The highest BCUT2D eigenvalue weighted by atomic mass is 35.5. The summed E-state index contributed by atoms with van der Waals surface area (Å²) in [5, 5.41) is 3.84. The van der Waals surface area contributed by atoms with Gasteiger partial charge < -0.3 is 10.1 Å². The molecule has 1 fully saturated rings. The zero-order valence-electron chi connectivity index (χ0n) is 9.13. The second-order valence-electron chi connectivity index (χ2n) is 3.88. The van der Waals surface area contributed by atoms with Gasteiger partial charge in [0.05, 0.1) is 17.7 Å². The molecule has 0 amide bonds. The van der Waals surface area contributed by atoms with Crippen LogP contribution in [0.4, 0.5) is 0 Å². The van der Waals surface area contributed by atoms with Crippen LogP contribution in [0.2, 0.25) is 5.02 Å². The third-order valence-corrected chi connectivity index (χ3v) is 3.17. The Morgan fingerprint density at radius 3 is 2.94 bits per heavy atom.